The summed E-state index contributed by atoms with van der Waals surface area (Å²) < 4.78 is 13.2. The van der Waals surface area contributed by atoms with Crippen LogP contribution in [0.3, 0.4) is 0 Å². The highest BCUT2D eigenvalue weighted by Crippen LogP contribution is 2.25. The van der Waals surface area contributed by atoms with Crippen LogP contribution in [0, 0.1) is 5.82 Å². The Morgan fingerprint density at radius 1 is 1.21 bits per heavy atom. The van der Waals surface area contributed by atoms with Crippen molar-refractivity contribution < 1.29 is 9.50 Å². The van der Waals surface area contributed by atoms with Crippen molar-refractivity contribution in [3.05, 3.63) is 29.6 Å². The third-order valence-electron chi connectivity index (χ3n) is 3.48. The lowest BCUT2D eigenvalue weighted by Crippen LogP contribution is -2.29. The van der Waals surface area contributed by atoms with Crippen LogP contribution in [0.15, 0.2) is 18.2 Å². The third kappa shape index (κ3) is 5.60. The standard InChI is InChI=1S/C16H26FNO/c1-4-5-6-7-8-12(2)18-13(3)15-11-14(17)9-10-16(15)19/h9-13,18-19H,4-8H2,1-3H3. The topological polar surface area (TPSA) is 32.3 Å². The van der Waals surface area contributed by atoms with Crippen LogP contribution in [0.25, 0.3) is 0 Å². The van der Waals surface area contributed by atoms with Gasteiger partial charge in [-0.2, -0.15) is 0 Å². The molecule has 0 saturated carbocycles. The van der Waals surface area contributed by atoms with E-state index >= 15 is 0 Å². The van der Waals surface area contributed by atoms with Gasteiger partial charge in [-0.3, -0.25) is 0 Å². The van der Waals surface area contributed by atoms with Gasteiger partial charge >= 0.3 is 0 Å². The van der Waals surface area contributed by atoms with Gasteiger partial charge < -0.3 is 10.4 Å². The first-order valence-corrected chi connectivity index (χ1v) is 7.29. The second-order valence-electron chi connectivity index (χ2n) is 5.34. The van der Waals surface area contributed by atoms with Crippen molar-refractivity contribution in [1.82, 2.24) is 5.32 Å². The molecule has 2 atom stereocenters. The Kier molecular flexibility index (Phi) is 6.85. The molecule has 0 spiro atoms. The summed E-state index contributed by atoms with van der Waals surface area (Å²) in [5.41, 5.74) is 0.625. The molecule has 108 valence electrons. The van der Waals surface area contributed by atoms with Gasteiger partial charge in [0.2, 0.25) is 0 Å². The molecular weight excluding hydrogens is 241 g/mol. The highest BCUT2D eigenvalue weighted by molar-refractivity contribution is 5.34. The first-order chi connectivity index (χ1) is 9.04. The second-order valence-corrected chi connectivity index (χ2v) is 5.34. The fourth-order valence-electron chi connectivity index (χ4n) is 2.35. The van der Waals surface area contributed by atoms with Crippen molar-refractivity contribution >= 4 is 0 Å². The number of phenolic OH excluding ortho intramolecular Hbond substituents is 1. The number of halogens is 1. The summed E-state index contributed by atoms with van der Waals surface area (Å²) in [6.07, 6.45) is 6.12. The number of hydrogen-bond donors (Lipinski definition) is 2. The molecule has 0 amide bonds. The van der Waals surface area contributed by atoms with Crippen LogP contribution >= 0.6 is 0 Å². The number of phenols is 1. The monoisotopic (exact) mass is 267 g/mol. The number of aromatic hydroxyl groups is 1. The average molecular weight is 267 g/mol. The zero-order valence-corrected chi connectivity index (χ0v) is 12.2. The van der Waals surface area contributed by atoms with E-state index in [4.69, 9.17) is 0 Å². The Hall–Kier alpha value is -1.09. The van der Waals surface area contributed by atoms with E-state index in [9.17, 15) is 9.50 Å². The van der Waals surface area contributed by atoms with E-state index in [1.165, 1.54) is 43.9 Å². The van der Waals surface area contributed by atoms with E-state index < -0.39 is 0 Å². The molecule has 0 saturated heterocycles. The lowest BCUT2D eigenvalue weighted by molar-refractivity contribution is 0.414. The van der Waals surface area contributed by atoms with Crippen molar-refractivity contribution in [2.75, 3.05) is 0 Å². The number of unbranched alkanes of at least 4 members (excludes halogenated alkanes) is 3. The lowest BCUT2D eigenvalue weighted by atomic mass is 10.0. The van der Waals surface area contributed by atoms with Gasteiger partial charge in [0.25, 0.3) is 0 Å². The summed E-state index contributed by atoms with van der Waals surface area (Å²) in [6, 6.07) is 4.41. The molecular formula is C16H26FNO. The zero-order valence-electron chi connectivity index (χ0n) is 12.2. The number of benzene rings is 1. The highest BCUT2D eigenvalue weighted by atomic mass is 19.1. The summed E-state index contributed by atoms with van der Waals surface area (Å²) in [5, 5.41) is 13.2. The number of nitrogens with one attached hydrogen (secondary N) is 1. The largest absolute Gasteiger partial charge is 0.508 e. The van der Waals surface area contributed by atoms with Crippen molar-refractivity contribution in [2.24, 2.45) is 0 Å². The fraction of sp³-hybridized carbons (Fsp3) is 0.625. The van der Waals surface area contributed by atoms with Gasteiger partial charge in [0.15, 0.2) is 0 Å². The first kappa shape index (κ1) is 16.0. The summed E-state index contributed by atoms with van der Waals surface area (Å²) in [4.78, 5) is 0. The maximum Gasteiger partial charge on any atom is 0.123 e. The van der Waals surface area contributed by atoms with Crippen molar-refractivity contribution in [3.63, 3.8) is 0 Å². The van der Waals surface area contributed by atoms with Crippen molar-refractivity contribution in [1.29, 1.82) is 0 Å². The predicted molar refractivity (Wildman–Crippen MR) is 77.8 cm³/mol. The van der Waals surface area contributed by atoms with Crippen LogP contribution in [0.2, 0.25) is 0 Å². The van der Waals surface area contributed by atoms with Gasteiger partial charge in [0.05, 0.1) is 0 Å². The highest BCUT2D eigenvalue weighted by Gasteiger charge is 2.13. The molecule has 3 heteroatoms. The quantitative estimate of drug-likeness (QED) is 0.678. The summed E-state index contributed by atoms with van der Waals surface area (Å²) in [6.45, 7) is 6.30. The molecule has 19 heavy (non-hydrogen) atoms. The van der Waals surface area contributed by atoms with Crippen molar-refractivity contribution in [3.8, 4) is 5.75 Å². The van der Waals surface area contributed by atoms with E-state index in [1.807, 2.05) is 6.92 Å². The molecule has 0 radical (unpaired) electrons. The van der Waals surface area contributed by atoms with Crippen LogP contribution < -0.4 is 5.32 Å². The average Bonchev–Trinajstić information content (AvgIpc) is 2.37. The molecule has 2 unspecified atom stereocenters. The van der Waals surface area contributed by atoms with E-state index in [2.05, 4.69) is 19.2 Å². The number of rotatable bonds is 8. The summed E-state index contributed by atoms with van der Waals surface area (Å²) in [7, 11) is 0. The molecule has 0 aliphatic carbocycles. The maximum absolute atomic E-state index is 13.2. The van der Waals surface area contributed by atoms with Gasteiger partial charge in [0.1, 0.15) is 11.6 Å². The van der Waals surface area contributed by atoms with Crippen LogP contribution in [-0.2, 0) is 0 Å². The molecule has 1 aromatic carbocycles. The molecule has 0 aliphatic heterocycles. The van der Waals surface area contributed by atoms with Crippen LogP contribution in [0.4, 0.5) is 4.39 Å². The van der Waals surface area contributed by atoms with Gasteiger partial charge in [-0.15, -0.1) is 0 Å². The Morgan fingerprint density at radius 2 is 1.95 bits per heavy atom. The Balaban J connectivity index is 2.45. The minimum Gasteiger partial charge on any atom is -0.508 e. The van der Waals surface area contributed by atoms with Gasteiger partial charge in [-0.1, -0.05) is 32.6 Å². The molecule has 2 nitrogen and oxygen atoms in total. The fourth-order valence-corrected chi connectivity index (χ4v) is 2.35. The first-order valence-electron chi connectivity index (χ1n) is 7.29. The lowest BCUT2D eigenvalue weighted by Gasteiger charge is -2.21. The molecule has 1 rings (SSSR count). The molecule has 0 heterocycles. The van der Waals surface area contributed by atoms with Gasteiger partial charge in [-0.05, 0) is 38.5 Å². The van der Waals surface area contributed by atoms with Crippen LogP contribution in [-0.4, -0.2) is 11.1 Å². The second kappa shape index (κ2) is 8.16. The summed E-state index contributed by atoms with van der Waals surface area (Å²) >= 11 is 0. The van der Waals surface area contributed by atoms with Crippen LogP contribution in [0.1, 0.15) is 64.5 Å². The van der Waals surface area contributed by atoms with E-state index in [0.29, 0.717) is 11.6 Å². The molecule has 0 aromatic heterocycles. The van der Waals surface area contributed by atoms with E-state index in [0.717, 1.165) is 6.42 Å². The molecule has 0 aliphatic rings. The minimum absolute atomic E-state index is 0.0446. The Morgan fingerprint density at radius 3 is 2.63 bits per heavy atom. The minimum atomic E-state index is -0.308. The Labute approximate surface area is 116 Å². The van der Waals surface area contributed by atoms with E-state index in [-0.39, 0.29) is 17.6 Å². The normalized spacial score (nSPS) is 14.3. The van der Waals surface area contributed by atoms with Crippen molar-refractivity contribution in [2.45, 2.75) is 65.0 Å². The zero-order chi connectivity index (χ0) is 14.3. The van der Waals surface area contributed by atoms with Gasteiger partial charge in [-0.25, -0.2) is 4.39 Å². The maximum atomic E-state index is 13.2. The molecule has 0 fully saturated rings. The van der Waals surface area contributed by atoms with E-state index in [1.54, 1.807) is 0 Å². The molecule has 2 N–H and O–H groups in total. The number of hydrogen-bond acceptors (Lipinski definition) is 2. The van der Waals surface area contributed by atoms with Gasteiger partial charge in [0, 0.05) is 17.6 Å². The smallest absolute Gasteiger partial charge is 0.123 e. The predicted octanol–water partition coefficient (Wildman–Crippen LogP) is 4.54. The third-order valence-corrected chi connectivity index (χ3v) is 3.48. The SMILES string of the molecule is CCCCCCC(C)NC(C)c1cc(F)ccc1O. The Bertz CT molecular complexity index is 381. The molecule has 0 bridgehead atoms. The van der Waals surface area contributed by atoms with Crippen LogP contribution in [0.5, 0.6) is 5.75 Å². The summed E-state index contributed by atoms with van der Waals surface area (Å²) in [5.74, 6) is -0.156. The molecule has 1 aromatic rings.